The smallest absolute Gasteiger partial charge is 0.271 e. The van der Waals surface area contributed by atoms with Gasteiger partial charge in [-0.15, -0.1) is 0 Å². The summed E-state index contributed by atoms with van der Waals surface area (Å²) in [5.41, 5.74) is 0.500. The van der Waals surface area contributed by atoms with E-state index < -0.39 is 26.4 Å². The zero-order valence-electron chi connectivity index (χ0n) is 17.6. The molecule has 32 heavy (non-hydrogen) atoms. The summed E-state index contributed by atoms with van der Waals surface area (Å²) in [5, 5.41) is 14.0. The first-order chi connectivity index (χ1) is 15.1. The van der Waals surface area contributed by atoms with Crippen LogP contribution < -0.4 is 5.32 Å². The van der Waals surface area contributed by atoms with Gasteiger partial charge in [0.25, 0.3) is 11.6 Å². The maximum Gasteiger partial charge on any atom is 0.271 e. The summed E-state index contributed by atoms with van der Waals surface area (Å²) < 4.78 is 23.7. The number of hydrogen-bond donors (Lipinski definition) is 1. The Morgan fingerprint density at radius 3 is 2.31 bits per heavy atom. The molecule has 0 aromatic heterocycles. The van der Waals surface area contributed by atoms with Gasteiger partial charge in [0.15, 0.2) is 9.84 Å². The van der Waals surface area contributed by atoms with Crippen molar-refractivity contribution in [2.75, 3.05) is 39.0 Å². The minimum absolute atomic E-state index is 0.0475. The Morgan fingerprint density at radius 1 is 1.06 bits per heavy atom. The number of rotatable bonds is 7. The third-order valence-electron chi connectivity index (χ3n) is 5.14. The Morgan fingerprint density at radius 2 is 1.72 bits per heavy atom. The molecule has 1 N–H and O–H groups in total. The number of nitro benzene ring substituents is 1. The van der Waals surface area contributed by atoms with Crippen molar-refractivity contribution in [3.05, 3.63) is 69.8 Å². The fourth-order valence-electron chi connectivity index (χ4n) is 3.37. The fourth-order valence-corrected chi connectivity index (χ4v) is 4.05. The van der Waals surface area contributed by atoms with Gasteiger partial charge in [-0.25, -0.2) is 8.42 Å². The number of carbonyl (C=O) groups is 2. The lowest BCUT2D eigenvalue weighted by Gasteiger charge is -2.34. The van der Waals surface area contributed by atoms with Crippen molar-refractivity contribution in [3.63, 3.8) is 0 Å². The van der Waals surface area contributed by atoms with Crippen LogP contribution in [0, 0.1) is 10.1 Å². The van der Waals surface area contributed by atoms with Gasteiger partial charge in [0, 0.05) is 56.7 Å². The summed E-state index contributed by atoms with van der Waals surface area (Å²) in [6, 6.07) is 12.7. The lowest BCUT2D eigenvalue weighted by atomic mass is 10.1. The highest BCUT2D eigenvalue weighted by Gasteiger charge is 2.26. The molecule has 0 aliphatic carbocycles. The second-order valence-corrected chi connectivity index (χ2v) is 9.59. The van der Waals surface area contributed by atoms with E-state index in [0.29, 0.717) is 32.7 Å². The number of non-ortho nitro benzene ring substituents is 1. The first kappa shape index (κ1) is 23.4. The average molecular weight is 461 g/mol. The van der Waals surface area contributed by atoms with Gasteiger partial charge in [0.1, 0.15) is 0 Å². The molecule has 3 rings (SSSR count). The summed E-state index contributed by atoms with van der Waals surface area (Å²) >= 11 is 0. The van der Waals surface area contributed by atoms with E-state index in [1.807, 2.05) is 35.2 Å². The molecule has 2 aromatic carbocycles. The normalized spacial score (nSPS) is 14.7. The van der Waals surface area contributed by atoms with Crippen molar-refractivity contribution in [2.24, 2.45) is 0 Å². The van der Waals surface area contributed by atoms with E-state index in [1.165, 1.54) is 4.90 Å². The van der Waals surface area contributed by atoms with Crippen LogP contribution in [0.2, 0.25) is 0 Å². The molecule has 1 fully saturated rings. The van der Waals surface area contributed by atoms with Gasteiger partial charge in [0.05, 0.1) is 16.4 Å². The first-order valence-electron chi connectivity index (χ1n) is 9.95. The van der Waals surface area contributed by atoms with Crippen molar-refractivity contribution in [2.45, 2.75) is 11.4 Å². The second-order valence-electron chi connectivity index (χ2n) is 7.58. The lowest BCUT2D eigenvalue weighted by Crippen LogP contribution is -2.51. The van der Waals surface area contributed by atoms with Crippen LogP contribution >= 0.6 is 0 Å². The third kappa shape index (κ3) is 6.11. The predicted octanol–water partition coefficient (Wildman–Crippen LogP) is 1.07. The SMILES string of the molecule is CS(=O)(=O)c1cc(C(=O)N2CCN(CC(=O)NCc3ccccc3)CC2)cc([N+](=O)[O-])c1. The molecule has 0 bridgehead atoms. The molecule has 0 unspecified atom stereocenters. The van der Waals surface area contributed by atoms with E-state index in [2.05, 4.69) is 5.32 Å². The molecule has 2 amide bonds. The molecule has 0 radical (unpaired) electrons. The van der Waals surface area contributed by atoms with Gasteiger partial charge in [-0.05, 0) is 11.6 Å². The minimum atomic E-state index is -3.72. The van der Waals surface area contributed by atoms with E-state index in [0.717, 1.165) is 30.0 Å². The van der Waals surface area contributed by atoms with Crippen LogP contribution in [0.25, 0.3) is 0 Å². The van der Waals surface area contributed by atoms with Gasteiger partial charge in [-0.1, -0.05) is 30.3 Å². The van der Waals surface area contributed by atoms with Crippen molar-refractivity contribution < 1.29 is 22.9 Å². The van der Waals surface area contributed by atoms with Crippen LogP contribution in [-0.2, 0) is 21.2 Å². The molecular weight excluding hydrogens is 436 g/mol. The standard InChI is InChI=1S/C21H24N4O6S/c1-32(30,31)19-12-17(11-18(13-19)25(28)29)21(27)24-9-7-23(8-10-24)15-20(26)22-14-16-5-3-2-4-6-16/h2-6,11-13H,7-10,14-15H2,1H3,(H,22,26). The zero-order valence-corrected chi connectivity index (χ0v) is 18.4. The Labute approximate surface area is 185 Å². The molecule has 170 valence electrons. The van der Waals surface area contributed by atoms with Gasteiger partial charge in [0.2, 0.25) is 5.91 Å². The summed E-state index contributed by atoms with van der Waals surface area (Å²) in [6.45, 7) is 2.19. The van der Waals surface area contributed by atoms with Crippen molar-refractivity contribution in [3.8, 4) is 0 Å². The largest absolute Gasteiger partial charge is 0.351 e. The number of piperazine rings is 1. The number of amides is 2. The highest BCUT2D eigenvalue weighted by molar-refractivity contribution is 7.90. The molecular formula is C21H24N4O6S. The summed E-state index contributed by atoms with van der Waals surface area (Å²) in [5.74, 6) is -0.600. The van der Waals surface area contributed by atoms with Crippen LogP contribution in [0.4, 0.5) is 5.69 Å². The van der Waals surface area contributed by atoms with Crippen molar-refractivity contribution in [1.29, 1.82) is 0 Å². The van der Waals surface area contributed by atoms with Crippen molar-refractivity contribution >= 4 is 27.3 Å². The van der Waals surface area contributed by atoms with E-state index in [1.54, 1.807) is 0 Å². The number of nitro groups is 1. The topological polar surface area (TPSA) is 130 Å². The monoisotopic (exact) mass is 460 g/mol. The quantitative estimate of drug-likeness (QED) is 0.483. The number of nitrogens with one attached hydrogen (secondary N) is 1. The maximum absolute atomic E-state index is 12.9. The van der Waals surface area contributed by atoms with Crippen LogP contribution in [0.3, 0.4) is 0 Å². The van der Waals surface area contributed by atoms with Crippen molar-refractivity contribution in [1.82, 2.24) is 15.1 Å². The zero-order chi connectivity index (χ0) is 23.3. The van der Waals surface area contributed by atoms with E-state index in [-0.39, 0.29) is 22.9 Å². The van der Waals surface area contributed by atoms with E-state index >= 15 is 0 Å². The molecule has 11 heteroatoms. The van der Waals surface area contributed by atoms with Crippen LogP contribution in [0.1, 0.15) is 15.9 Å². The number of hydrogen-bond acceptors (Lipinski definition) is 7. The van der Waals surface area contributed by atoms with Gasteiger partial charge < -0.3 is 10.2 Å². The van der Waals surface area contributed by atoms with Gasteiger partial charge in [-0.2, -0.15) is 0 Å². The summed E-state index contributed by atoms with van der Waals surface area (Å²) in [4.78, 5) is 38.6. The molecule has 0 atom stereocenters. The van der Waals surface area contributed by atoms with E-state index in [4.69, 9.17) is 0 Å². The summed E-state index contributed by atoms with van der Waals surface area (Å²) in [6.07, 6.45) is 0.932. The Bertz CT molecular complexity index is 1110. The van der Waals surface area contributed by atoms with Crippen LogP contribution in [0.15, 0.2) is 53.4 Å². The molecule has 10 nitrogen and oxygen atoms in total. The molecule has 0 spiro atoms. The van der Waals surface area contributed by atoms with Crippen LogP contribution in [0.5, 0.6) is 0 Å². The first-order valence-corrected chi connectivity index (χ1v) is 11.8. The second kappa shape index (κ2) is 9.88. The Balaban J connectivity index is 1.58. The molecule has 0 saturated carbocycles. The number of benzene rings is 2. The molecule has 1 saturated heterocycles. The van der Waals surface area contributed by atoms with Crippen LogP contribution in [-0.4, -0.2) is 73.9 Å². The number of sulfone groups is 1. The third-order valence-corrected chi connectivity index (χ3v) is 6.23. The number of carbonyl (C=O) groups excluding carboxylic acids is 2. The molecule has 2 aromatic rings. The maximum atomic E-state index is 12.9. The summed E-state index contributed by atoms with van der Waals surface area (Å²) in [7, 11) is -3.72. The number of nitrogens with zero attached hydrogens (tertiary/aromatic N) is 3. The van der Waals surface area contributed by atoms with Gasteiger partial charge in [-0.3, -0.25) is 24.6 Å². The molecule has 1 aliphatic rings. The fraction of sp³-hybridized carbons (Fsp3) is 0.333. The Kier molecular flexibility index (Phi) is 7.21. The van der Waals surface area contributed by atoms with E-state index in [9.17, 15) is 28.1 Å². The Hall–Kier alpha value is -3.31. The molecule has 1 heterocycles. The highest BCUT2D eigenvalue weighted by atomic mass is 32.2. The minimum Gasteiger partial charge on any atom is -0.351 e. The van der Waals surface area contributed by atoms with Gasteiger partial charge >= 0.3 is 0 Å². The highest BCUT2D eigenvalue weighted by Crippen LogP contribution is 2.22. The predicted molar refractivity (Wildman–Crippen MR) is 117 cm³/mol. The molecule has 1 aliphatic heterocycles. The average Bonchev–Trinajstić information content (AvgIpc) is 2.77. The lowest BCUT2D eigenvalue weighted by molar-refractivity contribution is -0.385.